The van der Waals surface area contributed by atoms with E-state index in [2.05, 4.69) is 38.2 Å². The quantitative estimate of drug-likeness (QED) is 0.872. The highest BCUT2D eigenvalue weighted by atomic mass is 16.5. The van der Waals surface area contributed by atoms with Gasteiger partial charge < -0.3 is 9.84 Å². The van der Waals surface area contributed by atoms with E-state index in [1.165, 1.54) is 12.0 Å². The highest BCUT2D eigenvalue weighted by molar-refractivity contribution is 5.26. The lowest BCUT2D eigenvalue weighted by Gasteiger charge is -2.24. The topological polar surface area (TPSA) is 38.1 Å². The Morgan fingerprint density at radius 1 is 1.33 bits per heavy atom. The van der Waals surface area contributed by atoms with Crippen molar-refractivity contribution in [1.29, 1.82) is 0 Å². The molecule has 3 nitrogen and oxygen atoms in total. The lowest BCUT2D eigenvalue weighted by molar-refractivity contribution is 0.305. The summed E-state index contributed by atoms with van der Waals surface area (Å²) in [5.41, 5.74) is 2.52. The van der Waals surface area contributed by atoms with Gasteiger partial charge in [0.05, 0.1) is 0 Å². The fourth-order valence-corrected chi connectivity index (χ4v) is 2.68. The molecule has 2 rings (SSSR count). The molecule has 3 heteroatoms. The monoisotopic (exact) mass is 250 g/mol. The number of nitrogens with zero attached hydrogens (tertiary/aromatic N) is 1. The molecule has 0 aromatic carbocycles. The fraction of sp³-hybridized carbons (Fsp3) is 0.800. The molecule has 0 amide bonds. The molecule has 102 valence electrons. The molecule has 1 aromatic rings. The molecule has 18 heavy (non-hydrogen) atoms. The summed E-state index contributed by atoms with van der Waals surface area (Å²) < 4.78 is 5.48. The zero-order valence-electron chi connectivity index (χ0n) is 12.1. The zero-order chi connectivity index (χ0) is 13.1. The number of hydrogen-bond donors (Lipinski definition) is 1. The van der Waals surface area contributed by atoms with Crippen molar-refractivity contribution in [2.24, 2.45) is 17.8 Å². The third-order valence-electron chi connectivity index (χ3n) is 3.95. The van der Waals surface area contributed by atoms with Crippen LogP contribution in [0, 0.1) is 17.8 Å². The summed E-state index contributed by atoms with van der Waals surface area (Å²) in [7, 11) is 0. The fourth-order valence-electron chi connectivity index (χ4n) is 2.68. The Labute approximate surface area is 110 Å². The molecule has 1 aliphatic rings. The third-order valence-corrected chi connectivity index (χ3v) is 3.95. The number of hydrogen-bond acceptors (Lipinski definition) is 3. The van der Waals surface area contributed by atoms with Crippen molar-refractivity contribution in [2.45, 2.75) is 53.5 Å². The van der Waals surface area contributed by atoms with E-state index < -0.39 is 0 Å². The minimum Gasteiger partial charge on any atom is -0.361 e. The molecular formula is C15H26N2O. The molecule has 1 N–H and O–H groups in total. The maximum atomic E-state index is 5.48. The summed E-state index contributed by atoms with van der Waals surface area (Å²) in [5, 5.41) is 7.71. The summed E-state index contributed by atoms with van der Waals surface area (Å²) in [4.78, 5) is 0. The Bertz CT molecular complexity index is 382. The first kappa shape index (κ1) is 13.6. The van der Waals surface area contributed by atoms with Gasteiger partial charge in [-0.25, -0.2) is 0 Å². The molecule has 0 radical (unpaired) electrons. The van der Waals surface area contributed by atoms with Crippen LogP contribution in [0.4, 0.5) is 0 Å². The van der Waals surface area contributed by atoms with Crippen molar-refractivity contribution in [3.63, 3.8) is 0 Å². The van der Waals surface area contributed by atoms with Crippen LogP contribution in [-0.4, -0.2) is 11.7 Å². The zero-order valence-corrected chi connectivity index (χ0v) is 12.1. The summed E-state index contributed by atoms with van der Waals surface area (Å²) in [6.07, 6.45) is 3.46. The van der Waals surface area contributed by atoms with E-state index >= 15 is 0 Å². The van der Waals surface area contributed by atoms with Gasteiger partial charge in [0, 0.05) is 18.5 Å². The van der Waals surface area contributed by atoms with Crippen LogP contribution >= 0.6 is 0 Å². The van der Waals surface area contributed by atoms with Gasteiger partial charge in [0.15, 0.2) is 0 Å². The Morgan fingerprint density at radius 3 is 2.78 bits per heavy atom. The summed E-state index contributed by atoms with van der Waals surface area (Å²) in [6, 6.07) is 0. The largest absolute Gasteiger partial charge is 0.361 e. The number of aryl methyl sites for hydroxylation is 1. The summed E-state index contributed by atoms with van der Waals surface area (Å²) >= 11 is 0. The molecule has 0 aliphatic heterocycles. The van der Waals surface area contributed by atoms with E-state index in [-0.39, 0.29) is 0 Å². The van der Waals surface area contributed by atoms with Crippen molar-refractivity contribution in [3.8, 4) is 0 Å². The third kappa shape index (κ3) is 3.14. The maximum Gasteiger partial charge on any atom is 0.140 e. The van der Waals surface area contributed by atoms with Crippen molar-refractivity contribution < 1.29 is 4.52 Å². The molecule has 0 spiro atoms. The summed E-state index contributed by atoms with van der Waals surface area (Å²) in [6.45, 7) is 11.0. The van der Waals surface area contributed by atoms with E-state index in [9.17, 15) is 0 Å². The predicted molar refractivity (Wildman–Crippen MR) is 73.4 cm³/mol. The number of aromatic nitrogens is 1. The van der Waals surface area contributed by atoms with Gasteiger partial charge in [-0.15, -0.1) is 0 Å². The molecule has 1 aromatic heterocycles. The Morgan fingerprint density at radius 2 is 2.11 bits per heavy atom. The highest BCUT2D eigenvalue weighted by Gasteiger charge is 2.26. The number of rotatable bonds is 5. The van der Waals surface area contributed by atoms with Gasteiger partial charge in [0.25, 0.3) is 0 Å². The van der Waals surface area contributed by atoms with Crippen LogP contribution in [0.25, 0.3) is 0 Å². The van der Waals surface area contributed by atoms with Gasteiger partial charge in [0.1, 0.15) is 11.5 Å². The molecule has 0 saturated heterocycles. The highest BCUT2D eigenvalue weighted by Crippen LogP contribution is 2.32. The average molecular weight is 250 g/mol. The molecule has 0 bridgehead atoms. The number of nitrogens with one attached hydrogen (secondary N) is 1. The minimum atomic E-state index is 0.677. The Kier molecular flexibility index (Phi) is 4.44. The van der Waals surface area contributed by atoms with Crippen LogP contribution < -0.4 is 5.32 Å². The molecule has 0 fully saturated rings. The summed E-state index contributed by atoms with van der Waals surface area (Å²) in [5.74, 6) is 3.36. The minimum absolute atomic E-state index is 0.677. The smallest absolute Gasteiger partial charge is 0.140 e. The van der Waals surface area contributed by atoms with Crippen LogP contribution in [0.2, 0.25) is 0 Å². The first-order valence-electron chi connectivity index (χ1n) is 7.25. The number of fused-ring (bicyclic) bond motifs is 1. The van der Waals surface area contributed by atoms with Crippen molar-refractivity contribution in [3.05, 3.63) is 17.0 Å². The van der Waals surface area contributed by atoms with Crippen molar-refractivity contribution in [1.82, 2.24) is 10.5 Å². The molecule has 1 unspecified atom stereocenters. The van der Waals surface area contributed by atoms with E-state index in [4.69, 9.17) is 4.52 Å². The van der Waals surface area contributed by atoms with Gasteiger partial charge in [-0.05, 0) is 37.1 Å². The second-order valence-corrected chi connectivity index (χ2v) is 6.30. The van der Waals surface area contributed by atoms with E-state index in [1.54, 1.807) is 0 Å². The molecule has 1 aliphatic carbocycles. The van der Waals surface area contributed by atoms with Gasteiger partial charge in [0.2, 0.25) is 0 Å². The Balaban J connectivity index is 1.99. The van der Waals surface area contributed by atoms with E-state index in [0.717, 1.165) is 49.2 Å². The molecule has 1 atom stereocenters. The van der Waals surface area contributed by atoms with Crippen molar-refractivity contribution >= 4 is 0 Å². The molecule has 0 saturated carbocycles. The van der Waals surface area contributed by atoms with Crippen LogP contribution in [0.1, 0.15) is 51.1 Å². The van der Waals surface area contributed by atoms with E-state index in [1.807, 2.05) is 0 Å². The van der Waals surface area contributed by atoms with Crippen molar-refractivity contribution in [2.75, 3.05) is 6.54 Å². The second kappa shape index (κ2) is 5.87. The SMILES string of the molecule is CC(C)CNCc1noc2c1CC(C(C)C)CC2. The van der Waals surface area contributed by atoms with Gasteiger partial charge >= 0.3 is 0 Å². The van der Waals surface area contributed by atoms with Crippen LogP contribution in [0.3, 0.4) is 0 Å². The van der Waals surface area contributed by atoms with Gasteiger partial charge in [-0.2, -0.15) is 0 Å². The van der Waals surface area contributed by atoms with Crippen LogP contribution in [0.5, 0.6) is 0 Å². The molecule has 1 heterocycles. The average Bonchev–Trinajstić information content (AvgIpc) is 2.71. The standard InChI is InChI=1S/C15H26N2O/c1-10(2)8-16-9-14-13-7-12(11(3)4)5-6-15(13)18-17-14/h10-12,16H,5-9H2,1-4H3. The normalized spacial score (nSPS) is 19.6. The van der Waals surface area contributed by atoms with Gasteiger partial charge in [-0.1, -0.05) is 32.9 Å². The second-order valence-electron chi connectivity index (χ2n) is 6.30. The lowest BCUT2D eigenvalue weighted by Crippen LogP contribution is -2.22. The maximum absolute atomic E-state index is 5.48. The van der Waals surface area contributed by atoms with Gasteiger partial charge in [-0.3, -0.25) is 0 Å². The molecular weight excluding hydrogens is 224 g/mol. The van der Waals surface area contributed by atoms with Crippen LogP contribution in [-0.2, 0) is 19.4 Å². The Hall–Kier alpha value is -0.830. The first-order valence-corrected chi connectivity index (χ1v) is 7.25. The lowest BCUT2D eigenvalue weighted by atomic mass is 9.80. The van der Waals surface area contributed by atoms with E-state index in [0.29, 0.717) is 5.92 Å². The first-order chi connectivity index (χ1) is 8.58. The van der Waals surface area contributed by atoms with Crippen LogP contribution in [0.15, 0.2) is 4.52 Å². The predicted octanol–water partition coefficient (Wildman–Crippen LogP) is 3.18.